The lowest BCUT2D eigenvalue weighted by Gasteiger charge is -2.11. The number of azo groups is 2. The molecule has 0 aliphatic carbocycles. The number of thioether (sulfide) groups is 2. The molecule has 1 aromatic heterocycles. The van der Waals surface area contributed by atoms with Crippen molar-refractivity contribution >= 4 is 129 Å². The second kappa shape index (κ2) is 19.0. The summed E-state index contributed by atoms with van der Waals surface area (Å²) in [6.07, 6.45) is 1.73. The average Bonchev–Trinajstić information content (AvgIpc) is 3.09. The highest BCUT2D eigenvalue weighted by Gasteiger charge is 2.23. The molecule has 0 atom stereocenters. The van der Waals surface area contributed by atoms with Gasteiger partial charge in [0.25, 0.3) is 20.2 Å². The summed E-state index contributed by atoms with van der Waals surface area (Å²) in [5, 5.41) is 39.7. The predicted octanol–water partition coefficient (Wildman–Crippen LogP) is 5.72. The van der Waals surface area contributed by atoms with E-state index >= 15 is 0 Å². The Labute approximate surface area is 335 Å². The van der Waals surface area contributed by atoms with Crippen molar-refractivity contribution in [3.8, 4) is 11.4 Å². The monoisotopic (exact) mass is 928 g/mol. The molecule has 3 aromatic carbocycles. The van der Waals surface area contributed by atoms with E-state index in [0.29, 0.717) is 29.9 Å². The van der Waals surface area contributed by atoms with Crippen LogP contribution in [-0.2, 0) is 49.2 Å². The Kier molecular flexibility index (Phi) is 14.9. The van der Waals surface area contributed by atoms with Gasteiger partial charge in [-0.15, -0.1) is 24.8 Å². The molecule has 0 saturated carbocycles. The lowest BCUT2D eigenvalue weighted by molar-refractivity contribution is -0.432. The standard InChI is InChI=1S/C24H17ClN10O16S6/c25-21-29-22(31-23(30-21)53-24(36)37)28-10-1-4-15(54-50-49-38)13(7-10)33-35-20-18(26)14(9-17(19(20)27)56(42,43)44)34-32-12-3-2-11(8-16(12)55(39,40)41)52-6-5-48-51-57(45,46)47/h1-4,7-9,38H,26-27H2,(H,36,37)(H,39,40,41)(H,42,43,44)(H,45,46,47)(H,28,29,30,31). The quantitative estimate of drug-likeness (QED) is 0.0103. The van der Waals surface area contributed by atoms with Gasteiger partial charge in [-0.05, 0) is 70.2 Å². The fourth-order valence-electron chi connectivity index (χ4n) is 3.72. The zero-order valence-corrected chi connectivity index (χ0v) is 32.5. The van der Waals surface area contributed by atoms with Crippen molar-refractivity contribution in [2.75, 3.05) is 16.8 Å². The number of aromatic nitrogens is 3. The Hall–Kier alpha value is -4.99. The van der Waals surface area contributed by atoms with Gasteiger partial charge in [0.15, 0.2) is 6.11 Å². The minimum atomic E-state index is -5.14. The van der Waals surface area contributed by atoms with E-state index < -0.39 is 74.2 Å². The third-order valence-electron chi connectivity index (χ3n) is 5.84. The van der Waals surface area contributed by atoms with E-state index in [1.807, 2.05) is 0 Å². The topological polar surface area (TPSA) is 410 Å². The van der Waals surface area contributed by atoms with Gasteiger partial charge in [0.05, 0.1) is 28.3 Å². The van der Waals surface area contributed by atoms with E-state index in [2.05, 4.69) is 64.6 Å². The number of rotatable bonds is 15. The lowest BCUT2D eigenvalue weighted by Crippen LogP contribution is -2.05. The van der Waals surface area contributed by atoms with E-state index in [1.165, 1.54) is 24.3 Å². The molecule has 10 N–H and O–H groups in total. The summed E-state index contributed by atoms with van der Waals surface area (Å²) in [5.41, 5.74) is 9.20. The van der Waals surface area contributed by atoms with Crippen LogP contribution >= 0.6 is 47.2 Å². The summed E-state index contributed by atoms with van der Waals surface area (Å²) in [6.45, 7) is 0. The Morgan fingerprint density at radius 1 is 0.842 bits per heavy atom. The molecule has 0 bridgehead atoms. The third-order valence-corrected chi connectivity index (χ3v) is 9.89. The number of anilines is 4. The van der Waals surface area contributed by atoms with Crippen molar-refractivity contribution in [3.63, 3.8) is 0 Å². The minimum Gasteiger partial charge on any atom is -0.473 e. The molecule has 4 rings (SSSR count). The van der Waals surface area contributed by atoms with Gasteiger partial charge in [-0.3, -0.25) is 18.5 Å². The summed E-state index contributed by atoms with van der Waals surface area (Å²) in [5.74, 6) is -0.209. The molecule has 1 heterocycles. The van der Waals surface area contributed by atoms with Crippen molar-refractivity contribution in [2.24, 2.45) is 20.5 Å². The first-order chi connectivity index (χ1) is 26.6. The van der Waals surface area contributed by atoms with Crippen molar-refractivity contribution in [1.82, 2.24) is 15.0 Å². The maximum atomic E-state index is 12.3. The first-order valence-corrected chi connectivity index (χ1v) is 20.7. The maximum absolute atomic E-state index is 12.3. The number of benzene rings is 3. The first kappa shape index (κ1) is 44.7. The van der Waals surface area contributed by atoms with Crippen LogP contribution in [0.2, 0.25) is 5.28 Å². The number of nitrogens with one attached hydrogen (secondary N) is 1. The molecule has 0 unspecified atom stereocenters. The van der Waals surface area contributed by atoms with Gasteiger partial charge < -0.3 is 21.9 Å². The van der Waals surface area contributed by atoms with Gasteiger partial charge in [0.1, 0.15) is 32.5 Å². The molecule has 0 spiro atoms. The van der Waals surface area contributed by atoms with Crippen molar-refractivity contribution in [1.29, 1.82) is 0 Å². The van der Waals surface area contributed by atoms with Gasteiger partial charge in [-0.25, -0.2) is 10.1 Å². The van der Waals surface area contributed by atoms with Crippen LogP contribution in [-0.4, -0.2) is 69.5 Å². The molecule has 302 valence electrons. The molecule has 4 aromatic rings. The summed E-state index contributed by atoms with van der Waals surface area (Å²) in [7, 11) is -15.2. The Morgan fingerprint density at radius 2 is 1.53 bits per heavy atom. The molecule has 0 radical (unpaired) electrons. The Balaban J connectivity index is 1.76. The molecule has 0 amide bonds. The number of nitrogens with two attached hydrogens (primary N) is 2. The van der Waals surface area contributed by atoms with Crippen LogP contribution < -0.4 is 16.8 Å². The summed E-state index contributed by atoms with van der Waals surface area (Å²) in [4.78, 5) is 24.7. The molecule has 26 nitrogen and oxygen atoms in total. The molecule has 57 heavy (non-hydrogen) atoms. The van der Waals surface area contributed by atoms with Crippen molar-refractivity contribution < 1.29 is 72.7 Å². The van der Waals surface area contributed by atoms with Crippen LogP contribution in [0, 0.1) is 11.4 Å². The van der Waals surface area contributed by atoms with Crippen LogP contribution in [0.3, 0.4) is 0 Å². The van der Waals surface area contributed by atoms with Crippen LogP contribution in [0.25, 0.3) is 0 Å². The van der Waals surface area contributed by atoms with Gasteiger partial charge in [0, 0.05) is 27.6 Å². The van der Waals surface area contributed by atoms with E-state index in [0.717, 1.165) is 12.1 Å². The minimum absolute atomic E-state index is 0.0136. The predicted molar refractivity (Wildman–Crippen MR) is 196 cm³/mol. The fraction of sp³-hybridized carbons (Fsp3) is 0. The van der Waals surface area contributed by atoms with Crippen LogP contribution in [0.1, 0.15) is 0 Å². The van der Waals surface area contributed by atoms with E-state index in [4.69, 9.17) is 38.0 Å². The summed E-state index contributed by atoms with van der Waals surface area (Å²) in [6, 6.07) is 7.74. The average molecular weight is 929 g/mol. The number of carbonyl (C=O) groups is 1. The smallest absolute Gasteiger partial charge is 0.433 e. The van der Waals surface area contributed by atoms with E-state index in [-0.39, 0.29) is 49.3 Å². The number of nitrogens with zero attached hydrogens (tertiary/aromatic N) is 7. The number of nitrogen functional groups attached to an aromatic ring is 2. The second-order valence-corrected chi connectivity index (χ2v) is 16.2. The maximum Gasteiger partial charge on any atom is 0.433 e. The molecule has 33 heteroatoms. The van der Waals surface area contributed by atoms with E-state index in [1.54, 1.807) is 6.11 Å². The number of halogens is 1. The largest absolute Gasteiger partial charge is 0.473 e. The summed E-state index contributed by atoms with van der Waals surface area (Å²) >= 11 is 7.07. The highest BCUT2D eigenvalue weighted by Crippen LogP contribution is 2.44. The molecular weight excluding hydrogens is 912 g/mol. The van der Waals surface area contributed by atoms with Crippen molar-refractivity contribution in [3.05, 3.63) is 47.7 Å². The molecular formula is C24H17ClN10O16S6. The number of hydrogen-bond acceptors (Lipinski definition) is 25. The zero-order chi connectivity index (χ0) is 42.1. The number of hydrogen-bond donors (Lipinski definition) is 8. The highest BCUT2D eigenvalue weighted by atomic mass is 35.5. The SMILES string of the molecule is Nc1c(N=Nc2ccc(SC#COOS(=O)(=O)O)cc2S(=O)(=O)O)cc(S(=O)(=O)O)c(N)c1N=Nc1cc(Nc2nc(Cl)nc(SC(=O)O)n2)ccc1SOOO. The molecule has 0 saturated heterocycles. The van der Waals surface area contributed by atoms with Gasteiger partial charge in [-0.2, -0.15) is 40.2 Å². The van der Waals surface area contributed by atoms with E-state index in [9.17, 15) is 39.2 Å². The van der Waals surface area contributed by atoms with Crippen molar-refractivity contribution in [2.45, 2.75) is 24.7 Å². The molecule has 0 aliphatic heterocycles. The number of carboxylic acid groups (broad SMARTS) is 1. The normalized spacial score (nSPS) is 12.1. The molecule has 0 aliphatic rings. The van der Waals surface area contributed by atoms with Crippen LogP contribution in [0.5, 0.6) is 0 Å². The van der Waals surface area contributed by atoms with Crippen LogP contribution in [0.15, 0.2) is 87.7 Å². The molecule has 0 fully saturated rings. The second-order valence-electron chi connectivity index (χ2n) is 9.55. The van der Waals surface area contributed by atoms with Gasteiger partial charge in [-0.1, -0.05) is 5.04 Å². The van der Waals surface area contributed by atoms with Crippen LogP contribution in [0.4, 0.5) is 50.6 Å². The Bertz CT molecular complexity index is 2680. The Morgan fingerprint density at radius 3 is 2.18 bits per heavy atom. The fourth-order valence-corrected chi connectivity index (χ4v) is 6.75. The highest BCUT2D eigenvalue weighted by molar-refractivity contribution is 8.13. The lowest BCUT2D eigenvalue weighted by atomic mass is 10.2. The zero-order valence-electron chi connectivity index (χ0n) is 26.9. The van der Waals surface area contributed by atoms with Gasteiger partial charge in [0.2, 0.25) is 16.4 Å². The third kappa shape index (κ3) is 13.3. The summed E-state index contributed by atoms with van der Waals surface area (Å²) < 4.78 is 106. The first-order valence-electron chi connectivity index (χ1n) is 13.7. The van der Waals surface area contributed by atoms with Gasteiger partial charge >= 0.3 is 15.7 Å².